The Bertz CT molecular complexity index is 596. The first kappa shape index (κ1) is 16.7. The van der Waals surface area contributed by atoms with Crippen LogP contribution >= 0.6 is 0 Å². The summed E-state index contributed by atoms with van der Waals surface area (Å²) in [5, 5.41) is 0. The van der Waals surface area contributed by atoms with Gasteiger partial charge in [-0.05, 0) is 38.1 Å². The number of benzene rings is 1. The van der Waals surface area contributed by atoms with Gasteiger partial charge in [-0.15, -0.1) is 0 Å². The normalized spacial score (nSPS) is 15.7. The van der Waals surface area contributed by atoms with Crippen LogP contribution in [0.5, 0.6) is 0 Å². The second-order valence-electron chi connectivity index (χ2n) is 6.50. The van der Waals surface area contributed by atoms with E-state index in [1.54, 1.807) is 0 Å². The Morgan fingerprint density at radius 1 is 0.958 bits per heavy atom. The third-order valence-corrected chi connectivity index (χ3v) is 4.91. The molecule has 3 rings (SSSR count). The molecule has 0 amide bonds. The highest BCUT2D eigenvalue weighted by Crippen LogP contribution is 2.19. The van der Waals surface area contributed by atoms with Gasteiger partial charge in [-0.1, -0.05) is 18.2 Å². The van der Waals surface area contributed by atoms with Crippen molar-refractivity contribution in [1.82, 2.24) is 14.9 Å². The van der Waals surface area contributed by atoms with E-state index in [0.717, 1.165) is 32.1 Å². The topological polar surface area (TPSA) is 35.5 Å². The molecule has 0 bridgehead atoms. The molecule has 5 heteroatoms. The van der Waals surface area contributed by atoms with Crippen molar-refractivity contribution in [2.75, 3.05) is 50.1 Å². The highest BCUT2D eigenvalue weighted by atomic mass is 15.3. The quantitative estimate of drug-likeness (QED) is 0.815. The zero-order chi connectivity index (χ0) is 16.8. The smallest absolute Gasteiger partial charge is 0.225 e. The van der Waals surface area contributed by atoms with Crippen molar-refractivity contribution >= 4 is 11.6 Å². The first-order chi connectivity index (χ1) is 11.7. The number of hydrogen-bond acceptors (Lipinski definition) is 5. The van der Waals surface area contributed by atoms with E-state index in [0.29, 0.717) is 6.04 Å². The van der Waals surface area contributed by atoms with Crippen LogP contribution < -0.4 is 9.80 Å². The minimum Gasteiger partial charge on any atom is -0.373 e. The summed E-state index contributed by atoms with van der Waals surface area (Å²) in [6.45, 7) is 4.20. The Kier molecular flexibility index (Phi) is 5.64. The Morgan fingerprint density at radius 2 is 1.62 bits per heavy atom. The van der Waals surface area contributed by atoms with Gasteiger partial charge in [-0.25, -0.2) is 9.97 Å². The molecule has 1 saturated heterocycles. The minimum absolute atomic E-state index is 0.647. The van der Waals surface area contributed by atoms with E-state index in [-0.39, 0.29) is 0 Å². The van der Waals surface area contributed by atoms with Gasteiger partial charge < -0.3 is 14.7 Å². The summed E-state index contributed by atoms with van der Waals surface area (Å²) in [7, 11) is 4.41. The molecule has 0 N–H and O–H groups in total. The summed E-state index contributed by atoms with van der Waals surface area (Å²) < 4.78 is 0. The van der Waals surface area contributed by atoms with E-state index in [9.17, 15) is 0 Å². The summed E-state index contributed by atoms with van der Waals surface area (Å²) in [6.07, 6.45) is 5.98. The lowest BCUT2D eigenvalue weighted by atomic mass is 10.0. The minimum atomic E-state index is 0.647. The summed E-state index contributed by atoms with van der Waals surface area (Å²) in [5.41, 5.74) is 1.28. The number of piperidine rings is 1. The molecule has 128 valence electrons. The van der Waals surface area contributed by atoms with Crippen LogP contribution in [0.2, 0.25) is 0 Å². The van der Waals surface area contributed by atoms with E-state index < -0.39 is 0 Å². The lowest BCUT2D eigenvalue weighted by molar-refractivity contribution is 0.212. The van der Waals surface area contributed by atoms with Crippen LogP contribution in [-0.2, 0) is 0 Å². The van der Waals surface area contributed by atoms with E-state index in [4.69, 9.17) is 0 Å². The van der Waals surface area contributed by atoms with Crippen LogP contribution in [0.25, 0.3) is 0 Å². The number of likely N-dealkylation sites (N-methyl/N-ethyl adjacent to an activating group) is 2. The lowest BCUT2D eigenvalue weighted by Crippen LogP contribution is -2.45. The summed E-state index contributed by atoms with van der Waals surface area (Å²) >= 11 is 0. The van der Waals surface area contributed by atoms with E-state index in [1.807, 2.05) is 18.5 Å². The van der Waals surface area contributed by atoms with Crippen molar-refractivity contribution in [1.29, 1.82) is 0 Å². The molecule has 0 spiro atoms. The molecular formula is C19H27N5. The average Bonchev–Trinajstić information content (AvgIpc) is 2.67. The number of para-hydroxylation sites is 1. The Balaban J connectivity index is 1.44. The molecular weight excluding hydrogens is 298 g/mol. The van der Waals surface area contributed by atoms with Crippen LogP contribution in [0.3, 0.4) is 0 Å². The number of anilines is 2. The summed E-state index contributed by atoms with van der Waals surface area (Å²) in [4.78, 5) is 15.8. The number of aromatic nitrogens is 2. The molecule has 1 aliphatic heterocycles. The molecule has 2 aromatic rings. The average molecular weight is 325 g/mol. The van der Waals surface area contributed by atoms with Gasteiger partial charge in [0.2, 0.25) is 5.95 Å². The maximum Gasteiger partial charge on any atom is 0.225 e. The van der Waals surface area contributed by atoms with E-state index in [2.05, 4.69) is 69.1 Å². The highest BCUT2D eigenvalue weighted by molar-refractivity contribution is 5.44. The van der Waals surface area contributed by atoms with Crippen molar-refractivity contribution in [2.45, 2.75) is 18.9 Å². The predicted molar refractivity (Wildman–Crippen MR) is 99.6 cm³/mol. The van der Waals surface area contributed by atoms with Crippen molar-refractivity contribution in [3.05, 3.63) is 48.8 Å². The van der Waals surface area contributed by atoms with E-state index >= 15 is 0 Å². The molecule has 2 heterocycles. The Hall–Kier alpha value is -2.14. The monoisotopic (exact) mass is 325 g/mol. The highest BCUT2D eigenvalue weighted by Gasteiger charge is 2.23. The standard InChI is InChI=1S/C19H27N5/c1-22(17-7-4-3-5-8-17)15-16-23(2)18-9-13-24(14-10-18)19-20-11-6-12-21-19/h3-8,11-12,18H,9-10,13-16H2,1-2H3. The molecule has 0 atom stereocenters. The van der Waals surface area contributed by atoms with Gasteiger partial charge in [0.15, 0.2) is 0 Å². The number of rotatable bonds is 6. The van der Waals surface area contributed by atoms with Crippen LogP contribution in [0.4, 0.5) is 11.6 Å². The van der Waals surface area contributed by atoms with Gasteiger partial charge in [0.25, 0.3) is 0 Å². The Labute approximate surface area is 144 Å². The van der Waals surface area contributed by atoms with Gasteiger partial charge in [0, 0.05) is 57.3 Å². The van der Waals surface area contributed by atoms with Crippen LogP contribution in [0, 0.1) is 0 Å². The maximum absolute atomic E-state index is 4.36. The van der Waals surface area contributed by atoms with Crippen LogP contribution in [0.1, 0.15) is 12.8 Å². The van der Waals surface area contributed by atoms with Gasteiger partial charge in [0.05, 0.1) is 0 Å². The molecule has 5 nitrogen and oxygen atoms in total. The second-order valence-corrected chi connectivity index (χ2v) is 6.50. The SMILES string of the molecule is CN(CCN(C)C1CCN(c2ncccn2)CC1)c1ccccc1. The fourth-order valence-corrected chi connectivity index (χ4v) is 3.26. The van der Waals surface area contributed by atoms with Crippen molar-refractivity contribution in [3.63, 3.8) is 0 Å². The molecule has 1 aliphatic rings. The molecule has 1 aromatic carbocycles. The third kappa shape index (κ3) is 4.23. The summed E-state index contributed by atoms with van der Waals surface area (Å²) in [5.74, 6) is 0.863. The fraction of sp³-hybridized carbons (Fsp3) is 0.474. The van der Waals surface area contributed by atoms with Crippen molar-refractivity contribution in [2.24, 2.45) is 0 Å². The third-order valence-electron chi connectivity index (χ3n) is 4.91. The molecule has 1 fully saturated rings. The molecule has 1 aromatic heterocycles. The molecule has 24 heavy (non-hydrogen) atoms. The zero-order valence-electron chi connectivity index (χ0n) is 14.7. The predicted octanol–water partition coefficient (Wildman–Crippen LogP) is 2.51. The molecule has 0 radical (unpaired) electrons. The maximum atomic E-state index is 4.36. The first-order valence-electron chi connectivity index (χ1n) is 8.72. The summed E-state index contributed by atoms with van der Waals surface area (Å²) in [6, 6.07) is 13.1. The number of nitrogens with zero attached hydrogens (tertiary/aromatic N) is 5. The first-order valence-corrected chi connectivity index (χ1v) is 8.72. The largest absolute Gasteiger partial charge is 0.373 e. The fourth-order valence-electron chi connectivity index (χ4n) is 3.26. The van der Waals surface area contributed by atoms with Crippen molar-refractivity contribution < 1.29 is 0 Å². The second kappa shape index (κ2) is 8.11. The van der Waals surface area contributed by atoms with Gasteiger partial charge in [-0.3, -0.25) is 0 Å². The molecule has 0 saturated carbocycles. The van der Waals surface area contributed by atoms with Crippen LogP contribution in [0.15, 0.2) is 48.8 Å². The number of hydrogen-bond donors (Lipinski definition) is 0. The van der Waals surface area contributed by atoms with Gasteiger partial charge in [-0.2, -0.15) is 0 Å². The van der Waals surface area contributed by atoms with Gasteiger partial charge >= 0.3 is 0 Å². The van der Waals surface area contributed by atoms with Gasteiger partial charge in [0.1, 0.15) is 0 Å². The van der Waals surface area contributed by atoms with Crippen LogP contribution in [-0.4, -0.2) is 61.2 Å². The molecule has 0 unspecified atom stereocenters. The van der Waals surface area contributed by atoms with Crippen molar-refractivity contribution in [3.8, 4) is 0 Å². The Morgan fingerprint density at radius 3 is 2.29 bits per heavy atom. The molecule has 0 aliphatic carbocycles. The van der Waals surface area contributed by atoms with E-state index in [1.165, 1.54) is 18.5 Å². The lowest BCUT2D eigenvalue weighted by Gasteiger charge is -2.37. The zero-order valence-corrected chi connectivity index (χ0v) is 14.7.